The minimum absolute atomic E-state index is 0.0931. The second-order valence-corrected chi connectivity index (χ2v) is 8.18. The maximum atomic E-state index is 13.5. The van der Waals surface area contributed by atoms with Gasteiger partial charge in [-0.05, 0) is 55.8 Å². The number of nitriles is 2. The summed E-state index contributed by atoms with van der Waals surface area (Å²) in [6.45, 7) is 4.69. The summed E-state index contributed by atoms with van der Waals surface area (Å²) in [5.41, 5.74) is 6.34. The number of anilines is 1. The quantitative estimate of drug-likeness (QED) is 0.796. The summed E-state index contributed by atoms with van der Waals surface area (Å²) in [6, 6.07) is 8.71. The van der Waals surface area contributed by atoms with Crippen LogP contribution in [0, 0.1) is 46.2 Å². The molecule has 2 fully saturated rings. The highest BCUT2D eigenvalue weighted by Crippen LogP contribution is 2.35. The number of hydrogen-bond acceptors (Lipinski definition) is 5. The van der Waals surface area contributed by atoms with Gasteiger partial charge < -0.3 is 10.6 Å². The highest BCUT2D eigenvalue weighted by atomic mass is 19.1. The molecular formula is C22H28FN5O. The summed E-state index contributed by atoms with van der Waals surface area (Å²) >= 11 is 0. The van der Waals surface area contributed by atoms with Crippen LogP contribution >= 0.6 is 0 Å². The minimum atomic E-state index is -0.642. The third-order valence-corrected chi connectivity index (χ3v) is 6.47. The van der Waals surface area contributed by atoms with Crippen LogP contribution in [0.4, 0.5) is 10.1 Å². The fraction of sp³-hybridized carbons (Fsp3) is 0.591. The Balaban J connectivity index is 1.40. The number of amides is 1. The van der Waals surface area contributed by atoms with E-state index in [0.717, 1.165) is 70.5 Å². The number of nitrogens with zero attached hydrogens (tertiary/aromatic N) is 4. The zero-order chi connectivity index (χ0) is 20.8. The number of benzene rings is 1. The van der Waals surface area contributed by atoms with Gasteiger partial charge in [-0.3, -0.25) is 9.69 Å². The fourth-order valence-corrected chi connectivity index (χ4v) is 4.60. The average Bonchev–Trinajstić information content (AvgIpc) is 2.74. The number of halogens is 1. The van der Waals surface area contributed by atoms with E-state index in [1.165, 1.54) is 6.07 Å². The number of primary amides is 1. The first-order valence-electron chi connectivity index (χ1n) is 10.4. The lowest BCUT2D eigenvalue weighted by atomic mass is 9.75. The van der Waals surface area contributed by atoms with Gasteiger partial charge >= 0.3 is 0 Å². The molecule has 1 atom stereocenters. The first-order valence-corrected chi connectivity index (χ1v) is 10.4. The number of piperazine rings is 1. The molecule has 0 aromatic heterocycles. The van der Waals surface area contributed by atoms with E-state index in [-0.39, 0.29) is 11.5 Å². The van der Waals surface area contributed by atoms with Crippen LogP contribution in [-0.4, -0.2) is 43.5 Å². The maximum Gasteiger partial charge on any atom is 0.235 e. The second-order valence-electron chi connectivity index (χ2n) is 8.18. The van der Waals surface area contributed by atoms with Crippen molar-refractivity contribution in [1.29, 1.82) is 10.5 Å². The van der Waals surface area contributed by atoms with Crippen LogP contribution in [0.25, 0.3) is 0 Å². The molecule has 2 N–H and O–H groups in total. The summed E-state index contributed by atoms with van der Waals surface area (Å²) in [4.78, 5) is 16.0. The Morgan fingerprint density at radius 3 is 2.45 bits per heavy atom. The zero-order valence-electron chi connectivity index (χ0n) is 16.7. The molecule has 154 valence electrons. The van der Waals surface area contributed by atoms with Crippen molar-refractivity contribution in [2.24, 2.45) is 23.5 Å². The van der Waals surface area contributed by atoms with Gasteiger partial charge in [0.25, 0.3) is 0 Å². The smallest absolute Gasteiger partial charge is 0.235 e. The van der Waals surface area contributed by atoms with E-state index in [4.69, 9.17) is 16.3 Å². The normalized spacial score (nSPS) is 23.8. The molecule has 1 aromatic carbocycles. The molecule has 1 aromatic rings. The monoisotopic (exact) mass is 397 g/mol. The van der Waals surface area contributed by atoms with Crippen molar-refractivity contribution in [3.8, 4) is 12.1 Å². The van der Waals surface area contributed by atoms with Crippen LogP contribution in [0.1, 0.15) is 37.7 Å². The van der Waals surface area contributed by atoms with E-state index in [0.29, 0.717) is 5.92 Å². The van der Waals surface area contributed by atoms with Gasteiger partial charge in [-0.1, -0.05) is 12.8 Å². The molecule has 1 saturated heterocycles. The Bertz CT molecular complexity index is 798. The number of nitrogens with two attached hydrogens (primary N) is 1. The molecule has 0 bridgehead atoms. The number of carbonyl (C=O) groups excluding carboxylic acids is 1. The third kappa shape index (κ3) is 5.25. The molecule has 0 spiro atoms. The van der Waals surface area contributed by atoms with E-state index in [2.05, 4.69) is 15.9 Å². The van der Waals surface area contributed by atoms with Crippen molar-refractivity contribution < 1.29 is 9.18 Å². The highest BCUT2D eigenvalue weighted by Gasteiger charge is 2.31. The summed E-state index contributed by atoms with van der Waals surface area (Å²) in [7, 11) is 0. The van der Waals surface area contributed by atoms with E-state index < -0.39 is 17.6 Å². The van der Waals surface area contributed by atoms with Gasteiger partial charge in [0.2, 0.25) is 5.91 Å². The van der Waals surface area contributed by atoms with E-state index in [1.54, 1.807) is 12.1 Å². The van der Waals surface area contributed by atoms with Crippen molar-refractivity contribution in [1.82, 2.24) is 4.90 Å². The zero-order valence-corrected chi connectivity index (χ0v) is 16.7. The van der Waals surface area contributed by atoms with Crippen LogP contribution in [0.2, 0.25) is 0 Å². The Morgan fingerprint density at radius 1 is 1.17 bits per heavy atom. The average molecular weight is 397 g/mol. The molecule has 1 unspecified atom stereocenters. The van der Waals surface area contributed by atoms with E-state index >= 15 is 0 Å². The lowest BCUT2D eigenvalue weighted by molar-refractivity contribution is -0.122. The standard InChI is InChI=1S/C22H28FN5O/c23-21-6-5-19(13-18(21)14-24)28-11-9-27(10-12-28)8-7-16-1-3-17(4-2-16)20(15-25)22(26)29/h5-6,13,16-17,20H,1-4,7-12H2,(H2,26,29). The van der Waals surface area contributed by atoms with Crippen molar-refractivity contribution in [2.75, 3.05) is 37.6 Å². The molecule has 0 radical (unpaired) electrons. The SMILES string of the molecule is N#Cc1cc(N2CCN(CCC3CCC(C(C#N)C(N)=O)CC3)CC2)ccc1F. The predicted molar refractivity (Wildman–Crippen MR) is 108 cm³/mol. The first kappa shape index (κ1) is 21.1. The van der Waals surface area contributed by atoms with Crippen molar-refractivity contribution >= 4 is 11.6 Å². The van der Waals surface area contributed by atoms with Gasteiger partial charge in [0.1, 0.15) is 17.8 Å². The van der Waals surface area contributed by atoms with Crippen LogP contribution in [-0.2, 0) is 4.79 Å². The highest BCUT2D eigenvalue weighted by molar-refractivity contribution is 5.79. The topological polar surface area (TPSA) is 97.2 Å². The Labute approximate surface area is 171 Å². The van der Waals surface area contributed by atoms with Crippen LogP contribution in [0.3, 0.4) is 0 Å². The lowest BCUT2D eigenvalue weighted by Crippen LogP contribution is -2.47. The molecule has 1 amide bonds. The van der Waals surface area contributed by atoms with Crippen LogP contribution in [0.5, 0.6) is 0 Å². The Kier molecular flexibility index (Phi) is 7.06. The lowest BCUT2D eigenvalue weighted by Gasteiger charge is -2.37. The van der Waals surface area contributed by atoms with Gasteiger partial charge in [0.05, 0.1) is 11.6 Å². The molecule has 1 saturated carbocycles. The van der Waals surface area contributed by atoms with Gasteiger partial charge in [0, 0.05) is 31.9 Å². The number of hydrogen-bond donors (Lipinski definition) is 1. The summed E-state index contributed by atoms with van der Waals surface area (Å²) < 4.78 is 13.5. The molecule has 29 heavy (non-hydrogen) atoms. The first-order chi connectivity index (χ1) is 14.0. The molecule has 2 aliphatic rings. The van der Waals surface area contributed by atoms with E-state index in [9.17, 15) is 9.18 Å². The van der Waals surface area contributed by atoms with Crippen LogP contribution < -0.4 is 10.6 Å². The number of rotatable bonds is 6. The molecule has 1 heterocycles. The summed E-state index contributed by atoms with van der Waals surface area (Å²) in [5.74, 6) is -0.839. The fourth-order valence-electron chi connectivity index (χ4n) is 4.60. The maximum absolute atomic E-state index is 13.5. The van der Waals surface area contributed by atoms with E-state index in [1.807, 2.05) is 6.07 Å². The van der Waals surface area contributed by atoms with Crippen LogP contribution in [0.15, 0.2) is 18.2 Å². The predicted octanol–water partition coefficient (Wildman–Crippen LogP) is 2.64. The molecular weight excluding hydrogens is 369 g/mol. The van der Waals surface area contributed by atoms with Crippen molar-refractivity contribution in [3.05, 3.63) is 29.6 Å². The Morgan fingerprint density at radius 2 is 1.86 bits per heavy atom. The molecule has 1 aliphatic carbocycles. The summed E-state index contributed by atoms with van der Waals surface area (Å²) in [6.07, 6.45) is 5.07. The summed E-state index contributed by atoms with van der Waals surface area (Å²) in [5, 5.41) is 18.1. The van der Waals surface area contributed by atoms with Gasteiger partial charge in [-0.15, -0.1) is 0 Å². The minimum Gasteiger partial charge on any atom is -0.369 e. The van der Waals surface area contributed by atoms with Gasteiger partial charge in [0.15, 0.2) is 0 Å². The second kappa shape index (κ2) is 9.71. The third-order valence-electron chi connectivity index (χ3n) is 6.47. The molecule has 3 rings (SSSR count). The number of carbonyl (C=O) groups is 1. The molecule has 6 nitrogen and oxygen atoms in total. The van der Waals surface area contributed by atoms with Gasteiger partial charge in [-0.25, -0.2) is 4.39 Å². The van der Waals surface area contributed by atoms with Crippen molar-refractivity contribution in [2.45, 2.75) is 32.1 Å². The molecule has 1 aliphatic heterocycles. The molecule has 7 heteroatoms. The Hall–Kier alpha value is -2.64. The van der Waals surface area contributed by atoms with Gasteiger partial charge in [-0.2, -0.15) is 10.5 Å². The largest absolute Gasteiger partial charge is 0.369 e. The van der Waals surface area contributed by atoms with Crippen molar-refractivity contribution in [3.63, 3.8) is 0 Å².